The maximum Gasteiger partial charge on any atom is 0.243 e. The predicted molar refractivity (Wildman–Crippen MR) is 85.5 cm³/mol. The molecule has 1 aliphatic heterocycles. The number of hydrogen-bond acceptors (Lipinski definition) is 3. The first-order valence-corrected chi connectivity index (χ1v) is 8.57. The zero-order valence-electron chi connectivity index (χ0n) is 12.4. The van der Waals surface area contributed by atoms with Crippen molar-refractivity contribution < 1.29 is 9.59 Å². The van der Waals surface area contributed by atoms with Crippen LogP contribution in [0.1, 0.15) is 50.4 Å². The topological polar surface area (TPSA) is 49.4 Å². The Bertz CT molecular complexity index is 518. The highest BCUT2D eigenvalue weighted by Crippen LogP contribution is 2.27. The smallest absolute Gasteiger partial charge is 0.243 e. The molecule has 6 heteroatoms. The van der Waals surface area contributed by atoms with Crippen LogP contribution in [0.3, 0.4) is 0 Å². The number of amides is 2. The maximum absolute atomic E-state index is 12.5. The number of piperidine rings is 1. The monoisotopic (exact) mass is 328 g/mol. The van der Waals surface area contributed by atoms with E-state index in [1.165, 1.54) is 11.3 Å². The number of thiophene rings is 1. The number of halogens is 1. The molecule has 4 nitrogen and oxygen atoms in total. The Morgan fingerprint density at radius 2 is 2.24 bits per heavy atom. The van der Waals surface area contributed by atoms with Gasteiger partial charge in [0.2, 0.25) is 11.8 Å². The maximum atomic E-state index is 12.5. The SMILES string of the molecule is CCC(=O)N1CCCC[C@@H]1C(=O)N[C@@H](C)c1ccc(Cl)s1. The molecule has 1 saturated heterocycles. The number of carbonyl (C=O) groups excluding carboxylic acids is 2. The zero-order valence-corrected chi connectivity index (χ0v) is 14.0. The van der Waals surface area contributed by atoms with Crippen molar-refractivity contribution in [2.75, 3.05) is 6.54 Å². The number of nitrogens with zero attached hydrogens (tertiary/aromatic N) is 1. The van der Waals surface area contributed by atoms with Gasteiger partial charge in [-0.05, 0) is 38.3 Å². The van der Waals surface area contributed by atoms with Gasteiger partial charge in [-0.25, -0.2) is 0 Å². The molecule has 2 heterocycles. The molecule has 116 valence electrons. The van der Waals surface area contributed by atoms with Crippen molar-refractivity contribution in [2.24, 2.45) is 0 Å². The first-order chi connectivity index (χ1) is 10.0. The average molecular weight is 329 g/mol. The second-order valence-electron chi connectivity index (χ2n) is 5.32. The molecule has 1 aromatic heterocycles. The zero-order chi connectivity index (χ0) is 15.4. The molecule has 0 unspecified atom stereocenters. The highest BCUT2D eigenvalue weighted by atomic mass is 35.5. The van der Waals surface area contributed by atoms with E-state index in [4.69, 9.17) is 11.6 Å². The lowest BCUT2D eigenvalue weighted by molar-refractivity contribution is -0.142. The standard InChI is InChI=1S/C15H21ClN2O2S/c1-3-14(19)18-9-5-4-6-11(18)15(20)17-10(2)12-7-8-13(16)21-12/h7-8,10-11H,3-6,9H2,1-2H3,(H,17,20)/t10-,11+/m0/s1. The van der Waals surface area contributed by atoms with E-state index >= 15 is 0 Å². The molecule has 2 atom stereocenters. The van der Waals surface area contributed by atoms with Crippen molar-refractivity contribution in [3.05, 3.63) is 21.3 Å². The largest absolute Gasteiger partial charge is 0.347 e. The summed E-state index contributed by atoms with van der Waals surface area (Å²) in [6.45, 7) is 4.46. The molecule has 0 aromatic carbocycles. The van der Waals surface area contributed by atoms with Crippen molar-refractivity contribution >= 4 is 34.8 Å². The van der Waals surface area contributed by atoms with Crippen molar-refractivity contribution in [3.63, 3.8) is 0 Å². The van der Waals surface area contributed by atoms with Gasteiger partial charge in [-0.15, -0.1) is 11.3 Å². The fraction of sp³-hybridized carbons (Fsp3) is 0.600. The molecule has 1 fully saturated rings. The highest BCUT2D eigenvalue weighted by Gasteiger charge is 2.31. The normalized spacial score (nSPS) is 20.1. The molecule has 1 aliphatic rings. The lowest BCUT2D eigenvalue weighted by atomic mass is 10.0. The van der Waals surface area contributed by atoms with Crippen LogP contribution in [-0.4, -0.2) is 29.3 Å². The van der Waals surface area contributed by atoms with Gasteiger partial charge in [0.05, 0.1) is 10.4 Å². The van der Waals surface area contributed by atoms with E-state index in [9.17, 15) is 9.59 Å². The molecule has 21 heavy (non-hydrogen) atoms. The van der Waals surface area contributed by atoms with Crippen molar-refractivity contribution in [1.82, 2.24) is 10.2 Å². The van der Waals surface area contributed by atoms with E-state index in [0.29, 0.717) is 17.3 Å². The van der Waals surface area contributed by atoms with E-state index in [1.807, 2.05) is 26.0 Å². The van der Waals surface area contributed by atoms with Crippen molar-refractivity contribution in [1.29, 1.82) is 0 Å². The Labute approximate surface area is 134 Å². The highest BCUT2D eigenvalue weighted by molar-refractivity contribution is 7.16. The first kappa shape index (κ1) is 16.3. The molecular weight excluding hydrogens is 308 g/mol. The molecule has 0 saturated carbocycles. The predicted octanol–water partition coefficient (Wildman–Crippen LogP) is 3.37. The van der Waals surface area contributed by atoms with Gasteiger partial charge >= 0.3 is 0 Å². The summed E-state index contributed by atoms with van der Waals surface area (Å²) in [7, 11) is 0. The Kier molecular flexibility index (Phi) is 5.65. The lowest BCUT2D eigenvalue weighted by Crippen LogP contribution is -2.52. The van der Waals surface area contributed by atoms with Crippen molar-refractivity contribution in [3.8, 4) is 0 Å². The second kappa shape index (κ2) is 7.27. The lowest BCUT2D eigenvalue weighted by Gasteiger charge is -2.35. The second-order valence-corrected chi connectivity index (χ2v) is 7.07. The fourth-order valence-electron chi connectivity index (χ4n) is 2.65. The average Bonchev–Trinajstić information content (AvgIpc) is 2.93. The summed E-state index contributed by atoms with van der Waals surface area (Å²) in [5.74, 6) is -0.00445. The van der Waals surface area contributed by atoms with Gasteiger partial charge in [-0.1, -0.05) is 18.5 Å². The van der Waals surface area contributed by atoms with Crippen LogP contribution in [0.25, 0.3) is 0 Å². The van der Waals surface area contributed by atoms with E-state index in [1.54, 1.807) is 4.90 Å². The summed E-state index contributed by atoms with van der Waals surface area (Å²) in [5.41, 5.74) is 0. The summed E-state index contributed by atoms with van der Waals surface area (Å²) in [4.78, 5) is 27.2. The molecular formula is C15H21ClN2O2S. The minimum absolute atomic E-state index is 0.0571. The minimum Gasteiger partial charge on any atom is -0.347 e. The number of rotatable bonds is 4. The quantitative estimate of drug-likeness (QED) is 0.921. The molecule has 0 radical (unpaired) electrons. The van der Waals surface area contributed by atoms with E-state index in [-0.39, 0.29) is 23.9 Å². The summed E-state index contributed by atoms with van der Waals surface area (Å²) in [5, 5.41) is 3.01. The van der Waals surface area contributed by atoms with Gasteiger partial charge in [-0.2, -0.15) is 0 Å². The van der Waals surface area contributed by atoms with Crippen LogP contribution in [0, 0.1) is 0 Å². The van der Waals surface area contributed by atoms with Gasteiger partial charge in [0, 0.05) is 17.8 Å². The van der Waals surface area contributed by atoms with Crippen LogP contribution in [-0.2, 0) is 9.59 Å². The van der Waals surface area contributed by atoms with Crippen LogP contribution in [0.15, 0.2) is 12.1 Å². The van der Waals surface area contributed by atoms with E-state index in [0.717, 1.165) is 24.1 Å². The van der Waals surface area contributed by atoms with Gasteiger partial charge in [-0.3, -0.25) is 9.59 Å². The van der Waals surface area contributed by atoms with Gasteiger partial charge < -0.3 is 10.2 Å². The summed E-state index contributed by atoms with van der Waals surface area (Å²) in [6, 6.07) is 3.34. The third-order valence-corrected chi connectivity index (χ3v) is 5.22. The summed E-state index contributed by atoms with van der Waals surface area (Å²) >= 11 is 7.39. The van der Waals surface area contributed by atoms with Crippen LogP contribution in [0.2, 0.25) is 4.34 Å². The minimum atomic E-state index is -0.330. The number of nitrogens with one attached hydrogen (secondary N) is 1. The Morgan fingerprint density at radius 3 is 2.86 bits per heavy atom. The molecule has 2 rings (SSSR count). The van der Waals surface area contributed by atoms with Gasteiger partial charge in [0.25, 0.3) is 0 Å². The molecule has 1 N–H and O–H groups in total. The third-order valence-electron chi connectivity index (χ3n) is 3.81. The van der Waals surface area contributed by atoms with Gasteiger partial charge in [0.15, 0.2) is 0 Å². The molecule has 0 bridgehead atoms. The van der Waals surface area contributed by atoms with E-state index < -0.39 is 0 Å². The Balaban J connectivity index is 2.02. The summed E-state index contributed by atoms with van der Waals surface area (Å²) in [6.07, 6.45) is 3.16. The van der Waals surface area contributed by atoms with E-state index in [2.05, 4.69) is 5.32 Å². The number of carbonyl (C=O) groups is 2. The van der Waals surface area contributed by atoms with Crippen LogP contribution >= 0.6 is 22.9 Å². The van der Waals surface area contributed by atoms with Crippen molar-refractivity contribution in [2.45, 2.75) is 51.6 Å². The third kappa shape index (κ3) is 3.98. The van der Waals surface area contributed by atoms with Crippen LogP contribution < -0.4 is 5.32 Å². The van der Waals surface area contributed by atoms with Gasteiger partial charge in [0.1, 0.15) is 6.04 Å². The summed E-state index contributed by atoms with van der Waals surface area (Å²) < 4.78 is 0.714. The molecule has 0 aliphatic carbocycles. The molecule has 0 spiro atoms. The molecule has 2 amide bonds. The number of hydrogen-bond donors (Lipinski definition) is 1. The first-order valence-electron chi connectivity index (χ1n) is 7.38. The van der Waals surface area contributed by atoms with Crippen LogP contribution in [0.5, 0.6) is 0 Å². The molecule has 1 aromatic rings. The number of likely N-dealkylation sites (tertiary alicyclic amines) is 1. The Hall–Kier alpha value is -1.07. The van der Waals surface area contributed by atoms with Crippen LogP contribution in [0.4, 0.5) is 0 Å². The fourth-order valence-corrected chi connectivity index (χ4v) is 3.71. The Morgan fingerprint density at radius 1 is 1.48 bits per heavy atom.